The Labute approximate surface area is 145 Å². The molecule has 0 aliphatic carbocycles. The van der Waals surface area contributed by atoms with E-state index in [1.807, 2.05) is 16.5 Å². The fourth-order valence-corrected chi connectivity index (χ4v) is 4.61. The highest BCUT2D eigenvalue weighted by Crippen LogP contribution is 2.41. The minimum atomic E-state index is 0.0567. The largest absolute Gasteiger partial charge is 0.361 e. The minimum Gasteiger partial charge on any atom is -0.361 e. The molecule has 0 unspecified atom stereocenters. The summed E-state index contributed by atoms with van der Waals surface area (Å²) in [7, 11) is 0. The standard InChI is InChI=1S/C17H22N4O2S/c1-13-14(10-19-23-13)16(22)21-7-3-17(4-8-21)2-6-20(12-17)11-15-18-5-9-24-15/h5,9-10H,2-4,6-8,11-12H2,1H3. The third-order valence-electron chi connectivity index (χ3n) is 5.45. The van der Waals surface area contributed by atoms with Crippen molar-refractivity contribution < 1.29 is 9.32 Å². The van der Waals surface area contributed by atoms with Gasteiger partial charge in [0, 0.05) is 31.2 Å². The van der Waals surface area contributed by atoms with Crippen LogP contribution in [0.1, 0.15) is 40.4 Å². The summed E-state index contributed by atoms with van der Waals surface area (Å²) in [6, 6.07) is 0. The van der Waals surface area contributed by atoms with Crippen molar-refractivity contribution in [3.05, 3.63) is 34.1 Å². The topological polar surface area (TPSA) is 62.5 Å². The molecule has 6 nitrogen and oxygen atoms in total. The number of amides is 1. The average Bonchev–Trinajstić information content (AvgIpc) is 3.31. The van der Waals surface area contributed by atoms with Crippen molar-refractivity contribution in [2.24, 2.45) is 5.41 Å². The molecule has 0 bridgehead atoms. The lowest BCUT2D eigenvalue weighted by atomic mass is 9.77. The molecule has 2 aliphatic rings. The molecule has 0 aromatic carbocycles. The lowest BCUT2D eigenvalue weighted by Gasteiger charge is -2.39. The number of piperidine rings is 1. The Balaban J connectivity index is 1.34. The fourth-order valence-electron chi connectivity index (χ4n) is 3.95. The first kappa shape index (κ1) is 15.8. The molecule has 7 heteroatoms. The molecular weight excluding hydrogens is 324 g/mol. The molecule has 2 aliphatic heterocycles. The molecule has 0 N–H and O–H groups in total. The van der Waals surface area contributed by atoms with Gasteiger partial charge in [0.2, 0.25) is 0 Å². The van der Waals surface area contributed by atoms with E-state index in [-0.39, 0.29) is 5.91 Å². The molecule has 4 rings (SSSR count). The summed E-state index contributed by atoms with van der Waals surface area (Å²) < 4.78 is 5.02. The summed E-state index contributed by atoms with van der Waals surface area (Å²) in [5.74, 6) is 0.664. The molecule has 128 valence electrons. The van der Waals surface area contributed by atoms with E-state index >= 15 is 0 Å². The Hall–Kier alpha value is -1.73. The highest BCUT2D eigenvalue weighted by molar-refractivity contribution is 7.09. The second kappa shape index (κ2) is 6.29. The van der Waals surface area contributed by atoms with Crippen molar-refractivity contribution in [1.82, 2.24) is 19.9 Å². The maximum Gasteiger partial charge on any atom is 0.259 e. The number of thiazole rings is 1. The van der Waals surface area contributed by atoms with Crippen molar-refractivity contribution >= 4 is 17.2 Å². The normalized spacial score (nSPS) is 20.8. The van der Waals surface area contributed by atoms with Crippen LogP contribution in [0.5, 0.6) is 0 Å². The Kier molecular flexibility index (Phi) is 4.14. The number of hydrogen-bond acceptors (Lipinski definition) is 6. The molecule has 2 saturated heterocycles. The van der Waals surface area contributed by atoms with Crippen LogP contribution in [-0.2, 0) is 6.54 Å². The Morgan fingerprint density at radius 1 is 1.33 bits per heavy atom. The smallest absolute Gasteiger partial charge is 0.259 e. The number of rotatable bonds is 3. The Bertz CT molecular complexity index is 704. The maximum atomic E-state index is 12.6. The molecule has 2 aromatic heterocycles. The van der Waals surface area contributed by atoms with Crippen LogP contribution in [0.3, 0.4) is 0 Å². The molecule has 2 aromatic rings. The van der Waals surface area contributed by atoms with Crippen molar-refractivity contribution in [3.8, 4) is 0 Å². The number of aryl methyl sites for hydroxylation is 1. The lowest BCUT2D eigenvalue weighted by molar-refractivity contribution is 0.0586. The van der Waals surface area contributed by atoms with E-state index in [2.05, 4.69) is 15.0 Å². The van der Waals surface area contributed by atoms with Gasteiger partial charge in [-0.3, -0.25) is 9.69 Å². The SMILES string of the molecule is Cc1oncc1C(=O)N1CCC2(CCN(Cc3nccs3)C2)CC1. The van der Waals surface area contributed by atoms with Gasteiger partial charge in [-0.2, -0.15) is 0 Å². The van der Waals surface area contributed by atoms with E-state index < -0.39 is 0 Å². The first-order valence-electron chi connectivity index (χ1n) is 8.47. The Morgan fingerprint density at radius 3 is 2.79 bits per heavy atom. The van der Waals surface area contributed by atoms with Crippen molar-refractivity contribution in [2.45, 2.75) is 32.7 Å². The summed E-state index contributed by atoms with van der Waals surface area (Å²) >= 11 is 1.73. The predicted molar refractivity (Wildman–Crippen MR) is 90.8 cm³/mol. The first-order valence-corrected chi connectivity index (χ1v) is 9.34. The lowest BCUT2D eigenvalue weighted by Crippen LogP contribution is -2.44. The molecule has 2 fully saturated rings. The van der Waals surface area contributed by atoms with E-state index in [4.69, 9.17) is 4.52 Å². The zero-order valence-electron chi connectivity index (χ0n) is 13.9. The minimum absolute atomic E-state index is 0.0567. The van der Waals surface area contributed by atoms with Gasteiger partial charge < -0.3 is 9.42 Å². The number of carbonyl (C=O) groups is 1. The van der Waals surface area contributed by atoms with Crippen LogP contribution in [0, 0.1) is 12.3 Å². The fraction of sp³-hybridized carbons (Fsp3) is 0.588. The van der Waals surface area contributed by atoms with E-state index in [1.165, 1.54) is 17.6 Å². The van der Waals surface area contributed by atoms with E-state index in [0.29, 0.717) is 16.7 Å². The second-order valence-electron chi connectivity index (χ2n) is 6.97. The van der Waals surface area contributed by atoms with Crippen LogP contribution in [0.25, 0.3) is 0 Å². The van der Waals surface area contributed by atoms with Crippen molar-refractivity contribution in [1.29, 1.82) is 0 Å². The summed E-state index contributed by atoms with van der Waals surface area (Å²) in [5, 5.41) is 6.96. The summed E-state index contributed by atoms with van der Waals surface area (Å²) in [4.78, 5) is 21.4. The van der Waals surface area contributed by atoms with Crippen LogP contribution < -0.4 is 0 Å². The molecule has 1 amide bonds. The van der Waals surface area contributed by atoms with Gasteiger partial charge in [0.25, 0.3) is 5.91 Å². The number of nitrogens with zero attached hydrogens (tertiary/aromatic N) is 4. The molecule has 1 spiro atoms. The van der Waals surface area contributed by atoms with Crippen LogP contribution in [-0.4, -0.2) is 52.0 Å². The van der Waals surface area contributed by atoms with Crippen molar-refractivity contribution in [2.75, 3.05) is 26.2 Å². The van der Waals surface area contributed by atoms with Gasteiger partial charge >= 0.3 is 0 Å². The van der Waals surface area contributed by atoms with Crippen LogP contribution in [0.4, 0.5) is 0 Å². The predicted octanol–water partition coefficient (Wildman–Crippen LogP) is 2.57. The quantitative estimate of drug-likeness (QED) is 0.855. The second-order valence-corrected chi connectivity index (χ2v) is 7.95. The zero-order valence-corrected chi connectivity index (χ0v) is 14.7. The molecule has 0 radical (unpaired) electrons. The van der Waals surface area contributed by atoms with E-state index in [0.717, 1.165) is 45.6 Å². The number of hydrogen-bond donors (Lipinski definition) is 0. The maximum absolute atomic E-state index is 12.6. The first-order chi connectivity index (χ1) is 11.7. The summed E-state index contributed by atoms with van der Waals surface area (Å²) in [6.07, 6.45) is 6.80. The van der Waals surface area contributed by atoms with E-state index in [9.17, 15) is 4.79 Å². The molecule has 24 heavy (non-hydrogen) atoms. The van der Waals surface area contributed by atoms with Gasteiger partial charge in [-0.15, -0.1) is 11.3 Å². The third-order valence-corrected chi connectivity index (χ3v) is 6.22. The number of likely N-dealkylation sites (tertiary alicyclic amines) is 2. The average molecular weight is 346 g/mol. The van der Waals surface area contributed by atoms with Gasteiger partial charge in [-0.1, -0.05) is 5.16 Å². The van der Waals surface area contributed by atoms with Crippen molar-refractivity contribution in [3.63, 3.8) is 0 Å². The van der Waals surface area contributed by atoms with Gasteiger partial charge in [-0.25, -0.2) is 4.98 Å². The molecule has 0 atom stereocenters. The number of aromatic nitrogens is 2. The molecule has 4 heterocycles. The van der Waals surface area contributed by atoms with Crippen LogP contribution in [0.15, 0.2) is 22.3 Å². The molecular formula is C17H22N4O2S. The number of carbonyl (C=O) groups excluding carboxylic acids is 1. The summed E-state index contributed by atoms with van der Waals surface area (Å²) in [5.41, 5.74) is 0.973. The van der Waals surface area contributed by atoms with Gasteiger partial charge in [-0.05, 0) is 38.1 Å². The third kappa shape index (κ3) is 2.98. The van der Waals surface area contributed by atoms with Gasteiger partial charge in [0.05, 0.1) is 12.7 Å². The highest BCUT2D eigenvalue weighted by Gasteiger charge is 2.41. The molecule has 0 saturated carbocycles. The monoisotopic (exact) mass is 346 g/mol. The Morgan fingerprint density at radius 2 is 2.12 bits per heavy atom. The van der Waals surface area contributed by atoms with E-state index in [1.54, 1.807) is 18.3 Å². The van der Waals surface area contributed by atoms with Crippen LogP contribution in [0.2, 0.25) is 0 Å². The zero-order chi connectivity index (χ0) is 16.6. The van der Waals surface area contributed by atoms with Gasteiger partial charge in [0.1, 0.15) is 16.3 Å². The summed E-state index contributed by atoms with van der Waals surface area (Å²) in [6.45, 7) is 6.67. The van der Waals surface area contributed by atoms with Gasteiger partial charge in [0.15, 0.2) is 0 Å². The highest BCUT2D eigenvalue weighted by atomic mass is 32.1. The van der Waals surface area contributed by atoms with Crippen LogP contribution >= 0.6 is 11.3 Å².